The van der Waals surface area contributed by atoms with Crippen LogP contribution >= 0.6 is 22.9 Å². The van der Waals surface area contributed by atoms with Crippen molar-refractivity contribution in [2.45, 2.75) is 59.5 Å². The Kier molecular flexibility index (Phi) is 5.37. The number of nitrogens with one attached hydrogen (secondary N) is 2. The van der Waals surface area contributed by atoms with Crippen LogP contribution in [0.3, 0.4) is 0 Å². The summed E-state index contributed by atoms with van der Waals surface area (Å²) >= 11 is 8.03. The number of benzene rings is 1. The minimum atomic E-state index is -0.382. The molecule has 0 bridgehead atoms. The van der Waals surface area contributed by atoms with E-state index >= 15 is 0 Å². The van der Waals surface area contributed by atoms with Crippen molar-refractivity contribution in [3.63, 3.8) is 0 Å². The van der Waals surface area contributed by atoms with Crippen LogP contribution in [0.4, 0.5) is 5.00 Å². The first kappa shape index (κ1) is 21.6. The molecule has 32 heavy (non-hydrogen) atoms. The molecule has 2 atom stereocenters. The molecular formula is C26H29ClN2O2S. The van der Waals surface area contributed by atoms with Crippen LogP contribution in [0.25, 0.3) is 11.3 Å². The fourth-order valence-corrected chi connectivity index (χ4v) is 6.34. The van der Waals surface area contributed by atoms with Gasteiger partial charge in [0.25, 0.3) is 5.91 Å². The molecule has 0 radical (unpaired) electrons. The molecule has 1 aliphatic carbocycles. The van der Waals surface area contributed by atoms with Crippen molar-refractivity contribution in [1.82, 2.24) is 5.32 Å². The molecule has 2 aliphatic rings. The van der Waals surface area contributed by atoms with Gasteiger partial charge in [0.1, 0.15) is 16.5 Å². The molecule has 168 valence electrons. The molecule has 3 heterocycles. The van der Waals surface area contributed by atoms with Crippen LogP contribution in [0.15, 0.2) is 34.7 Å². The van der Waals surface area contributed by atoms with Gasteiger partial charge in [-0.1, -0.05) is 50.9 Å². The van der Waals surface area contributed by atoms with Gasteiger partial charge in [0.2, 0.25) is 0 Å². The zero-order valence-corrected chi connectivity index (χ0v) is 20.5. The minimum absolute atomic E-state index is 0.00854. The van der Waals surface area contributed by atoms with Gasteiger partial charge < -0.3 is 15.1 Å². The number of halogens is 1. The lowest BCUT2D eigenvalue weighted by Gasteiger charge is -2.36. The third-order valence-corrected chi connectivity index (χ3v) is 9.02. The van der Waals surface area contributed by atoms with Gasteiger partial charge in [0, 0.05) is 15.5 Å². The molecule has 0 spiro atoms. The Labute approximate surface area is 198 Å². The number of furan rings is 1. The van der Waals surface area contributed by atoms with Gasteiger partial charge in [0.15, 0.2) is 6.17 Å². The van der Waals surface area contributed by atoms with Gasteiger partial charge in [-0.25, -0.2) is 0 Å². The maximum Gasteiger partial charge on any atom is 0.256 e. The summed E-state index contributed by atoms with van der Waals surface area (Å²) in [5.74, 6) is 2.07. The SMILES string of the molecule is CCC(C)(C)[C@@H]1CCc2c(sc3c2C(=O)N[C@H](c2ccc(-c4ccc(C)c(Cl)c4)o2)N3)C1. The number of anilines is 1. The number of thiophene rings is 1. The van der Waals surface area contributed by atoms with Crippen LogP contribution in [0.1, 0.15) is 71.9 Å². The van der Waals surface area contributed by atoms with E-state index in [2.05, 4.69) is 31.4 Å². The van der Waals surface area contributed by atoms with Crippen molar-refractivity contribution >= 4 is 33.8 Å². The molecule has 1 amide bonds. The van der Waals surface area contributed by atoms with Crippen molar-refractivity contribution in [3.8, 4) is 11.3 Å². The largest absolute Gasteiger partial charge is 0.457 e. The number of fused-ring (bicyclic) bond motifs is 3. The van der Waals surface area contributed by atoms with Crippen molar-refractivity contribution in [2.75, 3.05) is 5.32 Å². The van der Waals surface area contributed by atoms with E-state index in [0.29, 0.717) is 22.1 Å². The van der Waals surface area contributed by atoms with Crippen LogP contribution in [0.5, 0.6) is 0 Å². The highest BCUT2D eigenvalue weighted by molar-refractivity contribution is 7.16. The van der Waals surface area contributed by atoms with Gasteiger partial charge in [-0.2, -0.15) is 0 Å². The Hall–Kier alpha value is -2.24. The van der Waals surface area contributed by atoms with E-state index in [4.69, 9.17) is 16.0 Å². The highest BCUT2D eigenvalue weighted by Crippen LogP contribution is 2.47. The zero-order valence-electron chi connectivity index (χ0n) is 19.0. The first-order chi connectivity index (χ1) is 15.3. The van der Waals surface area contributed by atoms with E-state index in [1.807, 2.05) is 37.3 Å². The molecule has 6 heteroatoms. The van der Waals surface area contributed by atoms with E-state index in [1.54, 1.807) is 11.3 Å². The lowest BCUT2D eigenvalue weighted by atomic mass is 9.69. The lowest BCUT2D eigenvalue weighted by molar-refractivity contribution is 0.0930. The molecule has 4 nitrogen and oxygen atoms in total. The molecular weight excluding hydrogens is 440 g/mol. The first-order valence-corrected chi connectivity index (χ1v) is 12.5. The average molecular weight is 469 g/mol. The standard InChI is InChI=1S/C26H29ClN2O2S/c1-5-26(3,4)16-8-9-17-21(13-16)32-25-22(17)24(30)28-23(29-25)20-11-10-19(31-20)15-7-6-14(2)18(27)12-15/h6-7,10-12,16,23,29H,5,8-9,13H2,1-4H3,(H,28,30)/t16-,23+/m1/s1. The van der Waals surface area contributed by atoms with Gasteiger partial charge in [0.05, 0.1) is 5.56 Å². The average Bonchev–Trinajstić information content (AvgIpc) is 3.40. The fourth-order valence-electron chi connectivity index (χ4n) is 4.81. The maximum atomic E-state index is 13.1. The monoisotopic (exact) mass is 468 g/mol. The lowest BCUT2D eigenvalue weighted by Crippen LogP contribution is -2.38. The summed E-state index contributed by atoms with van der Waals surface area (Å²) in [7, 11) is 0. The number of carbonyl (C=O) groups excluding carboxylic acids is 1. The quantitative estimate of drug-likeness (QED) is 0.420. The molecule has 0 saturated heterocycles. The number of hydrogen-bond acceptors (Lipinski definition) is 4. The minimum Gasteiger partial charge on any atom is -0.457 e. The predicted octanol–water partition coefficient (Wildman–Crippen LogP) is 7.37. The number of rotatable bonds is 4. The number of aryl methyl sites for hydroxylation is 1. The molecule has 2 aromatic heterocycles. The highest BCUT2D eigenvalue weighted by Gasteiger charge is 2.37. The Morgan fingerprint density at radius 3 is 2.78 bits per heavy atom. The summed E-state index contributed by atoms with van der Waals surface area (Å²) in [6.45, 7) is 8.99. The number of hydrogen-bond donors (Lipinski definition) is 2. The third-order valence-electron chi connectivity index (χ3n) is 7.43. The molecule has 2 N–H and O–H groups in total. The molecule has 5 rings (SSSR count). The summed E-state index contributed by atoms with van der Waals surface area (Å²) in [5.41, 5.74) is 4.36. The molecule has 1 aliphatic heterocycles. The second-order valence-electron chi connectivity index (χ2n) is 9.71. The normalized spacial score (nSPS) is 20.3. The summed E-state index contributed by atoms with van der Waals surface area (Å²) in [6.07, 6.45) is 3.98. The van der Waals surface area contributed by atoms with Crippen LogP contribution < -0.4 is 10.6 Å². The second-order valence-corrected chi connectivity index (χ2v) is 11.2. The van der Waals surface area contributed by atoms with Crippen LogP contribution in [-0.4, -0.2) is 5.91 Å². The van der Waals surface area contributed by atoms with E-state index in [1.165, 1.54) is 16.9 Å². The summed E-state index contributed by atoms with van der Waals surface area (Å²) < 4.78 is 6.11. The van der Waals surface area contributed by atoms with E-state index in [-0.39, 0.29) is 12.1 Å². The van der Waals surface area contributed by atoms with Crippen LogP contribution in [0, 0.1) is 18.3 Å². The smallest absolute Gasteiger partial charge is 0.256 e. The number of carbonyl (C=O) groups is 1. The van der Waals surface area contributed by atoms with E-state index < -0.39 is 0 Å². The third kappa shape index (κ3) is 3.65. The Morgan fingerprint density at radius 1 is 1.22 bits per heavy atom. The van der Waals surface area contributed by atoms with Gasteiger partial charge in [-0.15, -0.1) is 11.3 Å². The molecule has 3 aromatic rings. The van der Waals surface area contributed by atoms with Crippen molar-refractivity contribution in [1.29, 1.82) is 0 Å². The van der Waals surface area contributed by atoms with Crippen molar-refractivity contribution in [2.24, 2.45) is 11.3 Å². The van der Waals surface area contributed by atoms with Crippen molar-refractivity contribution < 1.29 is 9.21 Å². The molecule has 1 aromatic carbocycles. The number of amides is 1. The summed E-state index contributed by atoms with van der Waals surface area (Å²) in [4.78, 5) is 14.5. The molecule has 0 saturated carbocycles. The Balaban J connectivity index is 1.40. The first-order valence-electron chi connectivity index (χ1n) is 11.3. The zero-order chi connectivity index (χ0) is 22.6. The molecule has 0 fully saturated rings. The highest BCUT2D eigenvalue weighted by atomic mass is 35.5. The van der Waals surface area contributed by atoms with E-state index in [9.17, 15) is 4.79 Å². The van der Waals surface area contributed by atoms with Gasteiger partial charge in [-0.3, -0.25) is 4.79 Å². The van der Waals surface area contributed by atoms with Crippen LogP contribution in [0.2, 0.25) is 5.02 Å². The van der Waals surface area contributed by atoms with Gasteiger partial charge in [-0.05, 0) is 66.8 Å². The Bertz CT molecular complexity index is 1190. The Morgan fingerprint density at radius 2 is 2.03 bits per heavy atom. The van der Waals surface area contributed by atoms with Crippen LogP contribution in [-0.2, 0) is 12.8 Å². The summed E-state index contributed by atoms with van der Waals surface area (Å²) in [5, 5.41) is 8.30. The maximum absolute atomic E-state index is 13.1. The van der Waals surface area contributed by atoms with Crippen molar-refractivity contribution in [3.05, 3.63) is 62.7 Å². The van der Waals surface area contributed by atoms with E-state index in [0.717, 1.165) is 46.7 Å². The van der Waals surface area contributed by atoms with Gasteiger partial charge >= 0.3 is 0 Å². The fraction of sp³-hybridized carbons (Fsp3) is 0.423. The second kappa shape index (κ2) is 7.96. The molecule has 0 unspecified atom stereocenters. The predicted molar refractivity (Wildman–Crippen MR) is 132 cm³/mol. The topological polar surface area (TPSA) is 54.3 Å². The summed E-state index contributed by atoms with van der Waals surface area (Å²) in [6, 6.07) is 9.73.